The topological polar surface area (TPSA) is 35.2 Å². The quantitative estimate of drug-likeness (QED) is 0.696. The molecule has 0 heterocycles. The Morgan fingerprint density at radius 1 is 1.16 bits per heavy atom. The third kappa shape index (κ3) is 6.69. The number of nitrogens with two attached hydrogens (primary N) is 1. The first kappa shape index (κ1) is 16.1. The molecule has 0 saturated heterocycles. The number of halogens is 1. The van der Waals surface area contributed by atoms with E-state index in [4.69, 9.17) is 10.5 Å². The highest BCUT2D eigenvalue weighted by atomic mass is 19.1. The molecule has 1 aromatic rings. The van der Waals surface area contributed by atoms with Crippen molar-refractivity contribution in [1.82, 2.24) is 0 Å². The molecule has 1 aromatic carbocycles. The zero-order chi connectivity index (χ0) is 14.1. The molecule has 0 saturated carbocycles. The fraction of sp³-hybridized carbons (Fsp3) is 0.625. The van der Waals surface area contributed by atoms with Crippen LogP contribution in [0.2, 0.25) is 0 Å². The summed E-state index contributed by atoms with van der Waals surface area (Å²) in [6.07, 6.45) is 2.67. The molecule has 2 nitrogen and oxygen atoms in total. The third-order valence-corrected chi connectivity index (χ3v) is 3.31. The van der Waals surface area contributed by atoms with Crippen LogP contribution in [0.25, 0.3) is 0 Å². The first-order valence-corrected chi connectivity index (χ1v) is 7.14. The molecule has 1 atom stereocenters. The highest BCUT2D eigenvalue weighted by Gasteiger charge is 2.10. The zero-order valence-corrected chi connectivity index (χ0v) is 12.1. The molecule has 108 valence electrons. The number of rotatable bonds is 9. The van der Waals surface area contributed by atoms with Crippen molar-refractivity contribution < 1.29 is 9.13 Å². The van der Waals surface area contributed by atoms with Crippen molar-refractivity contribution in [3.63, 3.8) is 0 Å². The Morgan fingerprint density at radius 3 is 2.47 bits per heavy atom. The average Bonchev–Trinajstić information content (AvgIpc) is 2.39. The molecule has 1 rings (SSSR count). The minimum atomic E-state index is -0.137. The molecule has 2 N–H and O–H groups in total. The van der Waals surface area contributed by atoms with Crippen LogP contribution >= 0.6 is 0 Å². The predicted octanol–water partition coefficient (Wildman–Crippen LogP) is 3.40. The summed E-state index contributed by atoms with van der Waals surface area (Å²) < 4.78 is 19.1. The van der Waals surface area contributed by atoms with Gasteiger partial charge in [-0.3, -0.25) is 0 Å². The van der Waals surface area contributed by atoms with Crippen molar-refractivity contribution >= 4 is 0 Å². The molecule has 0 aliphatic rings. The molecule has 0 aliphatic heterocycles. The van der Waals surface area contributed by atoms with Crippen LogP contribution < -0.4 is 5.73 Å². The van der Waals surface area contributed by atoms with Crippen molar-refractivity contribution in [3.8, 4) is 0 Å². The lowest BCUT2D eigenvalue weighted by Gasteiger charge is -2.15. The smallest absolute Gasteiger partial charge is 0.126 e. The minimum absolute atomic E-state index is 0.137. The zero-order valence-electron chi connectivity index (χ0n) is 12.1. The van der Waals surface area contributed by atoms with Gasteiger partial charge < -0.3 is 10.5 Å². The van der Waals surface area contributed by atoms with Gasteiger partial charge >= 0.3 is 0 Å². The summed E-state index contributed by atoms with van der Waals surface area (Å²) in [5.41, 5.74) is 6.51. The Morgan fingerprint density at radius 2 is 1.84 bits per heavy atom. The fourth-order valence-corrected chi connectivity index (χ4v) is 1.95. The van der Waals surface area contributed by atoms with Gasteiger partial charge in [0.05, 0.1) is 0 Å². The normalized spacial score (nSPS) is 12.9. The summed E-state index contributed by atoms with van der Waals surface area (Å²) >= 11 is 0. The molecule has 19 heavy (non-hydrogen) atoms. The molecular formula is C16H26FNO. The van der Waals surface area contributed by atoms with Crippen LogP contribution in [-0.2, 0) is 11.2 Å². The van der Waals surface area contributed by atoms with Gasteiger partial charge in [-0.1, -0.05) is 32.0 Å². The summed E-state index contributed by atoms with van der Waals surface area (Å²) in [7, 11) is 0. The molecule has 0 fully saturated rings. The maximum atomic E-state index is 13.5. The van der Waals surface area contributed by atoms with Crippen LogP contribution in [-0.4, -0.2) is 19.8 Å². The monoisotopic (exact) mass is 267 g/mol. The van der Waals surface area contributed by atoms with Crippen LogP contribution in [0, 0.1) is 17.7 Å². The number of hydrogen-bond donors (Lipinski definition) is 1. The lowest BCUT2D eigenvalue weighted by molar-refractivity contribution is 0.111. The van der Waals surface area contributed by atoms with E-state index in [0.717, 1.165) is 25.0 Å². The van der Waals surface area contributed by atoms with Crippen LogP contribution in [0.4, 0.5) is 4.39 Å². The van der Waals surface area contributed by atoms with Gasteiger partial charge in [0, 0.05) is 13.2 Å². The van der Waals surface area contributed by atoms with E-state index in [2.05, 4.69) is 13.8 Å². The standard InChI is InChI=1S/C16H26FNO/c1-13(2)7-9-19-10-8-14(12-18)11-15-5-3-4-6-16(15)17/h3-6,13-14H,7-12,18H2,1-2H3. The second-order valence-corrected chi connectivity index (χ2v) is 5.48. The predicted molar refractivity (Wildman–Crippen MR) is 77.5 cm³/mol. The molecular weight excluding hydrogens is 241 g/mol. The Kier molecular flexibility index (Phi) is 7.68. The maximum Gasteiger partial charge on any atom is 0.126 e. The second kappa shape index (κ2) is 9.05. The fourth-order valence-electron chi connectivity index (χ4n) is 1.95. The van der Waals surface area contributed by atoms with Crippen molar-refractivity contribution in [1.29, 1.82) is 0 Å². The first-order valence-electron chi connectivity index (χ1n) is 7.14. The van der Waals surface area contributed by atoms with E-state index in [9.17, 15) is 4.39 Å². The van der Waals surface area contributed by atoms with E-state index in [0.29, 0.717) is 25.5 Å². The van der Waals surface area contributed by atoms with Gasteiger partial charge in [0.15, 0.2) is 0 Å². The second-order valence-electron chi connectivity index (χ2n) is 5.48. The van der Waals surface area contributed by atoms with Crippen LogP contribution in [0.1, 0.15) is 32.3 Å². The maximum absolute atomic E-state index is 13.5. The van der Waals surface area contributed by atoms with Crippen molar-refractivity contribution in [3.05, 3.63) is 35.6 Å². The van der Waals surface area contributed by atoms with E-state index in [1.807, 2.05) is 12.1 Å². The molecule has 0 radical (unpaired) electrons. The van der Waals surface area contributed by atoms with Gasteiger partial charge in [0.1, 0.15) is 5.82 Å². The van der Waals surface area contributed by atoms with Crippen molar-refractivity contribution in [2.45, 2.75) is 33.1 Å². The summed E-state index contributed by atoms with van der Waals surface area (Å²) in [5, 5.41) is 0. The van der Waals surface area contributed by atoms with Gasteiger partial charge in [0.2, 0.25) is 0 Å². The van der Waals surface area contributed by atoms with E-state index in [1.54, 1.807) is 6.07 Å². The van der Waals surface area contributed by atoms with E-state index in [1.165, 1.54) is 6.07 Å². The van der Waals surface area contributed by atoms with E-state index >= 15 is 0 Å². The van der Waals surface area contributed by atoms with E-state index < -0.39 is 0 Å². The Bertz CT molecular complexity index is 354. The van der Waals surface area contributed by atoms with Crippen molar-refractivity contribution in [2.24, 2.45) is 17.6 Å². The lowest BCUT2D eigenvalue weighted by atomic mass is 9.96. The average molecular weight is 267 g/mol. The van der Waals surface area contributed by atoms with Crippen molar-refractivity contribution in [2.75, 3.05) is 19.8 Å². The third-order valence-electron chi connectivity index (χ3n) is 3.31. The Labute approximate surface area is 116 Å². The molecule has 0 aromatic heterocycles. The van der Waals surface area contributed by atoms with Gasteiger partial charge in [-0.15, -0.1) is 0 Å². The van der Waals surface area contributed by atoms with E-state index in [-0.39, 0.29) is 11.7 Å². The molecule has 0 spiro atoms. The number of ether oxygens (including phenoxy) is 1. The highest BCUT2D eigenvalue weighted by Crippen LogP contribution is 2.15. The molecule has 0 bridgehead atoms. The van der Waals surface area contributed by atoms with Gasteiger partial charge in [-0.2, -0.15) is 0 Å². The number of benzene rings is 1. The summed E-state index contributed by atoms with van der Waals surface area (Å²) in [6, 6.07) is 6.91. The lowest BCUT2D eigenvalue weighted by Crippen LogP contribution is -2.19. The first-order chi connectivity index (χ1) is 9.13. The minimum Gasteiger partial charge on any atom is -0.381 e. The highest BCUT2D eigenvalue weighted by molar-refractivity contribution is 5.17. The molecule has 0 aliphatic carbocycles. The summed E-state index contributed by atoms with van der Waals surface area (Å²) in [4.78, 5) is 0. The van der Waals surface area contributed by atoms with Crippen LogP contribution in [0.5, 0.6) is 0 Å². The number of hydrogen-bond acceptors (Lipinski definition) is 2. The Balaban J connectivity index is 2.28. The van der Waals surface area contributed by atoms with Crippen LogP contribution in [0.15, 0.2) is 24.3 Å². The van der Waals surface area contributed by atoms with Gasteiger partial charge in [-0.05, 0) is 49.3 Å². The summed E-state index contributed by atoms with van der Waals surface area (Å²) in [5.74, 6) is 0.821. The van der Waals surface area contributed by atoms with Crippen LogP contribution in [0.3, 0.4) is 0 Å². The molecule has 0 amide bonds. The Hall–Kier alpha value is -0.930. The van der Waals surface area contributed by atoms with Gasteiger partial charge in [-0.25, -0.2) is 4.39 Å². The SMILES string of the molecule is CC(C)CCOCCC(CN)Cc1ccccc1F. The largest absolute Gasteiger partial charge is 0.381 e. The molecule has 1 unspecified atom stereocenters. The molecule has 3 heteroatoms. The van der Waals surface area contributed by atoms with Gasteiger partial charge in [0.25, 0.3) is 0 Å². The summed E-state index contributed by atoms with van der Waals surface area (Å²) in [6.45, 7) is 6.45.